The summed E-state index contributed by atoms with van der Waals surface area (Å²) < 4.78 is 6.00. The van der Waals surface area contributed by atoms with Crippen molar-refractivity contribution in [2.24, 2.45) is 0 Å². The van der Waals surface area contributed by atoms with Crippen molar-refractivity contribution in [1.82, 2.24) is 15.2 Å². The number of aromatic nitrogens is 3. The minimum atomic E-state index is -0.178. The second-order valence-electron chi connectivity index (χ2n) is 7.00. The number of hydrogen-bond acceptors (Lipinski definition) is 5. The number of carbonyl (C=O) groups excluding carboxylic acids is 1. The van der Waals surface area contributed by atoms with Gasteiger partial charge in [0.2, 0.25) is 0 Å². The zero-order valence-corrected chi connectivity index (χ0v) is 17.9. The fourth-order valence-corrected chi connectivity index (χ4v) is 3.68. The largest absolute Gasteiger partial charge is 0.487 e. The van der Waals surface area contributed by atoms with E-state index in [0.717, 1.165) is 27.6 Å². The highest BCUT2D eigenvalue weighted by atomic mass is 32.2. The van der Waals surface area contributed by atoms with Gasteiger partial charge < -0.3 is 10.1 Å². The summed E-state index contributed by atoms with van der Waals surface area (Å²) in [5.41, 5.74) is 4.47. The minimum absolute atomic E-state index is 0.178. The number of nitrogens with zero attached hydrogens (tertiary/aromatic N) is 2. The van der Waals surface area contributed by atoms with Crippen molar-refractivity contribution in [3.8, 4) is 5.75 Å². The van der Waals surface area contributed by atoms with Crippen LogP contribution in [0.1, 0.15) is 27.0 Å². The topological polar surface area (TPSA) is 79.9 Å². The standard InChI is InChI=1S/C24H22N4O2S/c1-17-7-12-21(22(13-17)30-14-18-5-3-2-4-6-18)27-23(29)20-10-8-19(9-11-20)15-31-24-25-16-26-28-24/h2-13,16H,14-15H2,1H3,(H,27,29)(H,25,26,28). The molecule has 0 aliphatic carbocycles. The fourth-order valence-electron chi connectivity index (χ4n) is 2.95. The molecule has 0 saturated heterocycles. The molecule has 6 nitrogen and oxygen atoms in total. The molecule has 0 unspecified atom stereocenters. The van der Waals surface area contributed by atoms with Gasteiger partial charge in [-0.05, 0) is 47.9 Å². The number of thioether (sulfide) groups is 1. The maximum absolute atomic E-state index is 12.8. The van der Waals surface area contributed by atoms with E-state index in [1.165, 1.54) is 6.33 Å². The van der Waals surface area contributed by atoms with Gasteiger partial charge in [0, 0.05) is 11.3 Å². The average Bonchev–Trinajstić information content (AvgIpc) is 3.32. The van der Waals surface area contributed by atoms with Gasteiger partial charge in [0.05, 0.1) is 5.69 Å². The Bertz CT molecular complexity index is 1130. The van der Waals surface area contributed by atoms with E-state index in [-0.39, 0.29) is 5.91 Å². The molecule has 0 fully saturated rings. The van der Waals surface area contributed by atoms with Crippen LogP contribution in [0.2, 0.25) is 0 Å². The summed E-state index contributed by atoms with van der Waals surface area (Å²) in [5.74, 6) is 1.21. The molecule has 156 valence electrons. The molecule has 0 spiro atoms. The SMILES string of the molecule is Cc1ccc(NC(=O)c2ccc(CSc3ncn[nH]3)cc2)c(OCc2ccccc2)c1. The Hall–Kier alpha value is -3.58. The summed E-state index contributed by atoms with van der Waals surface area (Å²) in [7, 11) is 0. The van der Waals surface area contributed by atoms with E-state index in [1.807, 2.05) is 79.7 Å². The summed E-state index contributed by atoms with van der Waals surface area (Å²) in [6.07, 6.45) is 1.48. The van der Waals surface area contributed by atoms with Gasteiger partial charge >= 0.3 is 0 Å². The second-order valence-corrected chi connectivity index (χ2v) is 7.97. The zero-order valence-electron chi connectivity index (χ0n) is 17.0. The summed E-state index contributed by atoms with van der Waals surface area (Å²) in [5, 5.41) is 10.4. The molecule has 4 rings (SSSR count). The normalized spacial score (nSPS) is 10.6. The van der Waals surface area contributed by atoms with Crippen LogP contribution in [-0.4, -0.2) is 21.1 Å². The van der Waals surface area contributed by atoms with Crippen LogP contribution >= 0.6 is 11.8 Å². The third kappa shape index (κ3) is 5.73. The van der Waals surface area contributed by atoms with Crippen molar-refractivity contribution < 1.29 is 9.53 Å². The molecule has 2 N–H and O–H groups in total. The first-order valence-electron chi connectivity index (χ1n) is 9.83. The first kappa shape index (κ1) is 20.7. The van der Waals surface area contributed by atoms with Crippen molar-refractivity contribution in [1.29, 1.82) is 0 Å². The predicted octanol–water partition coefficient (Wildman–Crippen LogP) is 5.24. The van der Waals surface area contributed by atoms with E-state index in [9.17, 15) is 4.79 Å². The monoisotopic (exact) mass is 430 g/mol. The number of aromatic amines is 1. The molecule has 1 amide bonds. The summed E-state index contributed by atoms with van der Waals surface area (Å²) in [6, 6.07) is 23.2. The second kappa shape index (κ2) is 9.95. The highest BCUT2D eigenvalue weighted by Crippen LogP contribution is 2.27. The van der Waals surface area contributed by atoms with Crippen molar-refractivity contribution in [3.05, 3.63) is 101 Å². The lowest BCUT2D eigenvalue weighted by atomic mass is 10.1. The van der Waals surface area contributed by atoms with Crippen molar-refractivity contribution >= 4 is 23.4 Å². The van der Waals surface area contributed by atoms with Crippen LogP contribution in [0.15, 0.2) is 84.3 Å². The number of benzene rings is 3. The van der Waals surface area contributed by atoms with Crippen LogP contribution in [0, 0.1) is 6.92 Å². The number of aryl methyl sites for hydroxylation is 1. The molecule has 0 bridgehead atoms. The Labute approximate surface area is 185 Å². The lowest BCUT2D eigenvalue weighted by Crippen LogP contribution is -2.13. The lowest BCUT2D eigenvalue weighted by Gasteiger charge is -2.14. The van der Waals surface area contributed by atoms with Crippen LogP contribution in [0.4, 0.5) is 5.69 Å². The lowest BCUT2D eigenvalue weighted by molar-refractivity contribution is 0.102. The molecular weight excluding hydrogens is 408 g/mol. The van der Waals surface area contributed by atoms with E-state index in [1.54, 1.807) is 11.8 Å². The zero-order chi connectivity index (χ0) is 21.5. The highest BCUT2D eigenvalue weighted by Gasteiger charge is 2.11. The first-order chi connectivity index (χ1) is 15.2. The molecule has 3 aromatic carbocycles. The van der Waals surface area contributed by atoms with Crippen LogP contribution in [0.5, 0.6) is 5.75 Å². The number of ether oxygens (including phenoxy) is 1. The van der Waals surface area contributed by atoms with Crippen LogP contribution < -0.4 is 10.1 Å². The van der Waals surface area contributed by atoms with E-state index < -0.39 is 0 Å². The number of rotatable bonds is 8. The number of H-pyrrole nitrogens is 1. The van der Waals surface area contributed by atoms with Crippen molar-refractivity contribution in [3.63, 3.8) is 0 Å². The van der Waals surface area contributed by atoms with E-state index >= 15 is 0 Å². The van der Waals surface area contributed by atoms with Gasteiger partial charge in [-0.1, -0.05) is 60.3 Å². The Kier molecular flexibility index (Phi) is 6.64. The molecule has 31 heavy (non-hydrogen) atoms. The summed E-state index contributed by atoms with van der Waals surface area (Å²) in [6.45, 7) is 2.43. The fraction of sp³-hybridized carbons (Fsp3) is 0.125. The van der Waals surface area contributed by atoms with Gasteiger partial charge in [-0.25, -0.2) is 4.98 Å². The Morgan fingerprint density at radius 3 is 2.58 bits per heavy atom. The van der Waals surface area contributed by atoms with Crippen LogP contribution in [-0.2, 0) is 12.4 Å². The van der Waals surface area contributed by atoms with Gasteiger partial charge in [0.1, 0.15) is 18.7 Å². The summed E-state index contributed by atoms with van der Waals surface area (Å²) in [4.78, 5) is 16.9. The van der Waals surface area contributed by atoms with Gasteiger partial charge in [0.15, 0.2) is 5.16 Å². The Balaban J connectivity index is 1.40. The highest BCUT2D eigenvalue weighted by molar-refractivity contribution is 7.98. The Morgan fingerprint density at radius 2 is 1.84 bits per heavy atom. The maximum Gasteiger partial charge on any atom is 0.255 e. The Morgan fingerprint density at radius 1 is 1.03 bits per heavy atom. The number of carbonyl (C=O) groups is 1. The van der Waals surface area contributed by atoms with Crippen molar-refractivity contribution in [2.75, 3.05) is 5.32 Å². The predicted molar refractivity (Wildman–Crippen MR) is 122 cm³/mol. The number of hydrogen-bond donors (Lipinski definition) is 2. The van der Waals surface area contributed by atoms with Crippen molar-refractivity contribution in [2.45, 2.75) is 24.4 Å². The van der Waals surface area contributed by atoms with E-state index in [0.29, 0.717) is 23.6 Å². The molecule has 0 radical (unpaired) electrons. The quantitative estimate of drug-likeness (QED) is 0.374. The first-order valence-corrected chi connectivity index (χ1v) is 10.8. The average molecular weight is 431 g/mol. The molecule has 0 aliphatic rings. The molecule has 0 atom stereocenters. The molecule has 7 heteroatoms. The third-order valence-electron chi connectivity index (χ3n) is 4.61. The van der Waals surface area contributed by atoms with Crippen LogP contribution in [0.25, 0.3) is 0 Å². The smallest absolute Gasteiger partial charge is 0.255 e. The van der Waals surface area contributed by atoms with Gasteiger partial charge in [-0.15, -0.1) is 0 Å². The van der Waals surface area contributed by atoms with Gasteiger partial charge in [-0.2, -0.15) is 5.10 Å². The van der Waals surface area contributed by atoms with Gasteiger partial charge in [0.25, 0.3) is 5.91 Å². The van der Waals surface area contributed by atoms with Crippen LogP contribution in [0.3, 0.4) is 0 Å². The summed E-state index contributed by atoms with van der Waals surface area (Å²) >= 11 is 1.56. The number of amides is 1. The molecule has 0 saturated carbocycles. The number of anilines is 1. The minimum Gasteiger partial charge on any atom is -0.487 e. The van der Waals surface area contributed by atoms with E-state index in [4.69, 9.17) is 4.74 Å². The third-order valence-corrected chi connectivity index (χ3v) is 5.55. The molecule has 0 aliphatic heterocycles. The van der Waals surface area contributed by atoms with E-state index in [2.05, 4.69) is 20.5 Å². The molecule has 1 heterocycles. The molecule has 4 aromatic rings. The maximum atomic E-state index is 12.8. The molecular formula is C24H22N4O2S. The molecule has 1 aromatic heterocycles. The number of nitrogens with one attached hydrogen (secondary N) is 2. The van der Waals surface area contributed by atoms with Gasteiger partial charge in [-0.3, -0.25) is 9.89 Å².